The average Bonchev–Trinajstić information content (AvgIpc) is 2.74. The van der Waals surface area contributed by atoms with Gasteiger partial charge in [-0.3, -0.25) is 14.9 Å². The van der Waals surface area contributed by atoms with Crippen molar-refractivity contribution in [2.24, 2.45) is 0 Å². The minimum absolute atomic E-state index is 0.210. The average molecular weight is 489 g/mol. The number of hydrogen-bond donors (Lipinski definition) is 1. The topological polar surface area (TPSA) is 94.2 Å². The predicted molar refractivity (Wildman–Crippen MR) is 118 cm³/mol. The summed E-state index contributed by atoms with van der Waals surface area (Å²) < 4.78 is 17.0. The highest BCUT2D eigenvalue weighted by molar-refractivity contribution is 9.10. The first-order valence-corrected chi connectivity index (χ1v) is 10.3. The SMILES string of the molecule is CCOc1cc(Br)c(/C=C2\C(=O)NC(=O)N(c3ccccc3OCC)C2=O)cc1OC. The molecule has 0 saturated carbocycles. The van der Waals surface area contributed by atoms with Crippen molar-refractivity contribution in [2.75, 3.05) is 25.2 Å². The highest BCUT2D eigenvalue weighted by Gasteiger charge is 2.38. The number of para-hydroxylation sites is 2. The van der Waals surface area contributed by atoms with Crippen molar-refractivity contribution < 1.29 is 28.6 Å². The monoisotopic (exact) mass is 488 g/mol. The molecule has 1 aliphatic rings. The first kappa shape index (κ1) is 22.4. The maximum absolute atomic E-state index is 13.2. The molecule has 1 saturated heterocycles. The van der Waals surface area contributed by atoms with E-state index in [4.69, 9.17) is 14.2 Å². The summed E-state index contributed by atoms with van der Waals surface area (Å²) in [5.41, 5.74) is 0.539. The van der Waals surface area contributed by atoms with Gasteiger partial charge in [0.25, 0.3) is 11.8 Å². The van der Waals surface area contributed by atoms with Crippen LogP contribution in [0.15, 0.2) is 46.4 Å². The first-order valence-electron chi connectivity index (χ1n) is 9.54. The van der Waals surface area contributed by atoms with Crippen LogP contribution >= 0.6 is 15.9 Å². The van der Waals surface area contributed by atoms with Gasteiger partial charge in [0.15, 0.2) is 11.5 Å². The normalized spacial score (nSPS) is 15.2. The lowest BCUT2D eigenvalue weighted by Gasteiger charge is -2.27. The molecule has 4 amide bonds. The van der Waals surface area contributed by atoms with E-state index in [9.17, 15) is 14.4 Å². The van der Waals surface area contributed by atoms with Crippen molar-refractivity contribution in [3.8, 4) is 17.2 Å². The Bertz CT molecular complexity index is 1070. The Balaban J connectivity index is 2.06. The zero-order chi connectivity index (χ0) is 22.5. The molecule has 0 radical (unpaired) electrons. The Morgan fingerprint density at radius 2 is 1.68 bits per heavy atom. The summed E-state index contributed by atoms with van der Waals surface area (Å²) in [6.07, 6.45) is 1.39. The van der Waals surface area contributed by atoms with E-state index in [1.807, 2.05) is 6.92 Å². The van der Waals surface area contributed by atoms with E-state index in [-0.39, 0.29) is 11.3 Å². The van der Waals surface area contributed by atoms with Crippen molar-refractivity contribution >= 4 is 45.5 Å². The van der Waals surface area contributed by atoms with E-state index >= 15 is 0 Å². The van der Waals surface area contributed by atoms with Gasteiger partial charge >= 0.3 is 6.03 Å². The molecule has 0 bridgehead atoms. The third-order valence-electron chi connectivity index (χ3n) is 4.39. The summed E-state index contributed by atoms with van der Waals surface area (Å²) in [6.45, 7) is 4.43. The van der Waals surface area contributed by atoms with Crippen molar-refractivity contribution in [2.45, 2.75) is 13.8 Å². The minimum Gasteiger partial charge on any atom is -0.493 e. The molecule has 2 aromatic carbocycles. The van der Waals surface area contributed by atoms with Gasteiger partial charge in [-0.1, -0.05) is 28.1 Å². The molecule has 0 aromatic heterocycles. The number of imide groups is 2. The van der Waals surface area contributed by atoms with Gasteiger partial charge in [0, 0.05) is 4.47 Å². The molecule has 0 atom stereocenters. The summed E-state index contributed by atoms with van der Waals surface area (Å²) in [7, 11) is 1.49. The van der Waals surface area contributed by atoms with Crippen molar-refractivity contribution in [3.05, 3.63) is 52.0 Å². The van der Waals surface area contributed by atoms with Crippen molar-refractivity contribution in [3.63, 3.8) is 0 Å². The first-order chi connectivity index (χ1) is 14.9. The standard InChI is InChI=1S/C22H21BrN2O6/c1-4-30-17-9-7-6-8-16(17)25-21(27)14(20(26)24-22(25)28)10-13-11-18(29-3)19(31-5-2)12-15(13)23/h6-12H,4-5H2,1-3H3,(H,24,26,28)/b14-10+. The third kappa shape index (κ3) is 4.56. The Morgan fingerprint density at radius 3 is 2.35 bits per heavy atom. The van der Waals surface area contributed by atoms with E-state index in [1.165, 1.54) is 13.2 Å². The van der Waals surface area contributed by atoms with Crippen LogP contribution in [0.1, 0.15) is 19.4 Å². The second-order valence-corrected chi connectivity index (χ2v) is 7.17. The fourth-order valence-corrected chi connectivity index (χ4v) is 3.48. The quantitative estimate of drug-likeness (QED) is 0.468. The van der Waals surface area contributed by atoms with Gasteiger partial charge in [-0.2, -0.15) is 0 Å². The number of carbonyl (C=O) groups is 3. The Labute approximate surface area is 187 Å². The Morgan fingerprint density at radius 1 is 1.00 bits per heavy atom. The number of benzene rings is 2. The molecule has 1 N–H and O–H groups in total. The van der Waals surface area contributed by atoms with Gasteiger partial charge in [-0.25, -0.2) is 9.69 Å². The number of methoxy groups -OCH3 is 1. The van der Waals surface area contributed by atoms with Crippen LogP contribution in [0.2, 0.25) is 0 Å². The number of ether oxygens (including phenoxy) is 3. The second-order valence-electron chi connectivity index (χ2n) is 6.32. The van der Waals surface area contributed by atoms with Crippen LogP contribution in [0, 0.1) is 0 Å². The van der Waals surface area contributed by atoms with E-state index in [1.54, 1.807) is 43.3 Å². The molecule has 0 unspecified atom stereocenters. The molecule has 0 aliphatic carbocycles. The number of urea groups is 1. The van der Waals surface area contributed by atoms with Gasteiger partial charge in [-0.05, 0) is 49.8 Å². The number of nitrogens with zero attached hydrogens (tertiary/aromatic N) is 1. The van der Waals surface area contributed by atoms with E-state index < -0.39 is 17.8 Å². The number of hydrogen-bond acceptors (Lipinski definition) is 6. The van der Waals surface area contributed by atoms with Crippen LogP contribution in [0.4, 0.5) is 10.5 Å². The molecule has 1 fully saturated rings. The van der Waals surface area contributed by atoms with E-state index in [2.05, 4.69) is 21.2 Å². The summed E-state index contributed by atoms with van der Waals surface area (Å²) in [6, 6.07) is 9.10. The molecular weight excluding hydrogens is 468 g/mol. The molecule has 162 valence electrons. The lowest BCUT2D eigenvalue weighted by molar-refractivity contribution is -0.122. The number of carbonyl (C=O) groups excluding carboxylic acids is 3. The van der Waals surface area contributed by atoms with Crippen molar-refractivity contribution in [1.82, 2.24) is 5.32 Å². The number of anilines is 1. The van der Waals surface area contributed by atoms with Gasteiger partial charge in [0.05, 0.1) is 26.0 Å². The molecule has 1 aliphatic heterocycles. The fraction of sp³-hybridized carbons (Fsp3) is 0.227. The van der Waals surface area contributed by atoms with Crippen LogP contribution in [0.5, 0.6) is 17.2 Å². The van der Waals surface area contributed by atoms with Crippen LogP contribution in [-0.4, -0.2) is 38.2 Å². The molecule has 2 aromatic rings. The highest BCUT2D eigenvalue weighted by Crippen LogP contribution is 2.36. The molecule has 8 nitrogen and oxygen atoms in total. The van der Waals surface area contributed by atoms with Gasteiger partial charge in [0.2, 0.25) is 0 Å². The number of amides is 4. The fourth-order valence-electron chi connectivity index (χ4n) is 3.04. The Hall–Kier alpha value is -3.33. The summed E-state index contributed by atoms with van der Waals surface area (Å²) >= 11 is 3.43. The molecule has 9 heteroatoms. The van der Waals surface area contributed by atoms with E-state index in [0.29, 0.717) is 40.5 Å². The van der Waals surface area contributed by atoms with Crippen LogP contribution < -0.4 is 24.4 Å². The smallest absolute Gasteiger partial charge is 0.336 e. The second kappa shape index (κ2) is 9.65. The Kier molecular flexibility index (Phi) is 6.96. The maximum atomic E-state index is 13.2. The lowest BCUT2D eigenvalue weighted by atomic mass is 10.1. The van der Waals surface area contributed by atoms with Gasteiger partial charge < -0.3 is 14.2 Å². The molecule has 3 rings (SSSR count). The minimum atomic E-state index is -0.845. The molecule has 0 spiro atoms. The number of rotatable bonds is 7. The lowest BCUT2D eigenvalue weighted by Crippen LogP contribution is -2.54. The maximum Gasteiger partial charge on any atom is 0.336 e. The number of halogens is 1. The zero-order valence-corrected chi connectivity index (χ0v) is 18.8. The summed E-state index contributed by atoms with van der Waals surface area (Å²) in [5.74, 6) is -0.247. The van der Waals surface area contributed by atoms with Crippen LogP contribution in [0.25, 0.3) is 6.08 Å². The van der Waals surface area contributed by atoms with Crippen molar-refractivity contribution in [1.29, 1.82) is 0 Å². The van der Waals surface area contributed by atoms with Gasteiger partial charge in [0.1, 0.15) is 11.3 Å². The van der Waals surface area contributed by atoms with Crippen LogP contribution in [0.3, 0.4) is 0 Å². The summed E-state index contributed by atoms with van der Waals surface area (Å²) in [5, 5.41) is 2.21. The number of barbiturate groups is 1. The predicted octanol–water partition coefficient (Wildman–Crippen LogP) is 3.92. The van der Waals surface area contributed by atoms with E-state index in [0.717, 1.165) is 4.90 Å². The molecule has 31 heavy (non-hydrogen) atoms. The molecule has 1 heterocycles. The third-order valence-corrected chi connectivity index (χ3v) is 5.08. The zero-order valence-electron chi connectivity index (χ0n) is 17.2. The highest BCUT2D eigenvalue weighted by atomic mass is 79.9. The summed E-state index contributed by atoms with van der Waals surface area (Å²) in [4.78, 5) is 39.1. The number of nitrogens with one attached hydrogen (secondary N) is 1. The van der Waals surface area contributed by atoms with Gasteiger partial charge in [-0.15, -0.1) is 0 Å². The largest absolute Gasteiger partial charge is 0.493 e. The van der Waals surface area contributed by atoms with Crippen LogP contribution in [-0.2, 0) is 9.59 Å². The molecular formula is C22H21BrN2O6.